The van der Waals surface area contributed by atoms with Crippen LogP contribution in [0, 0.1) is 6.92 Å². The minimum atomic E-state index is -3.34. The van der Waals surface area contributed by atoms with Crippen LogP contribution in [-0.4, -0.2) is 25.8 Å². The Balaban J connectivity index is 3.22. The number of hydrogen-bond acceptors (Lipinski definition) is 2. The fourth-order valence-electron chi connectivity index (χ4n) is 1.45. The summed E-state index contributed by atoms with van der Waals surface area (Å²) in [5.41, 5.74) is 1.03. The highest BCUT2D eigenvalue weighted by Crippen LogP contribution is 2.22. The van der Waals surface area contributed by atoms with E-state index in [-0.39, 0.29) is 0 Å². The van der Waals surface area contributed by atoms with Gasteiger partial charge in [-0.05, 0) is 24.6 Å². The summed E-state index contributed by atoms with van der Waals surface area (Å²) in [4.78, 5) is 0.341. The third kappa shape index (κ3) is 2.64. The van der Waals surface area contributed by atoms with E-state index in [0.717, 1.165) is 10.0 Å². The summed E-state index contributed by atoms with van der Waals surface area (Å²) in [5.74, 6) is 0. The van der Waals surface area contributed by atoms with Crippen molar-refractivity contribution in [3.63, 3.8) is 0 Å². The summed E-state index contributed by atoms with van der Waals surface area (Å²) in [6, 6.07) is 5.11. The monoisotopic (exact) mass is 305 g/mol. The van der Waals surface area contributed by atoms with Crippen molar-refractivity contribution in [1.29, 1.82) is 0 Å². The van der Waals surface area contributed by atoms with Crippen LogP contribution in [0.15, 0.2) is 27.6 Å². The van der Waals surface area contributed by atoms with Crippen LogP contribution in [-0.2, 0) is 10.0 Å². The van der Waals surface area contributed by atoms with Crippen molar-refractivity contribution in [3.05, 3.63) is 28.2 Å². The Morgan fingerprint density at radius 1 is 1.25 bits per heavy atom. The topological polar surface area (TPSA) is 37.4 Å². The largest absolute Gasteiger partial charge is 0.243 e. The minimum Gasteiger partial charge on any atom is -0.207 e. The van der Waals surface area contributed by atoms with E-state index in [1.165, 1.54) is 4.31 Å². The molecule has 0 atom stereocenters. The zero-order valence-electron chi connectivity index (χ0n) is 9.70. The molecule has 0 fully saturated rings. The summed E-state index contributed by atoms with van der Waals surface area (Å²) in [6.07, 6.45) is 0. The predicted molar refractivity (Wildman–Crippen MR) is 69.0 cm³/mol. The first-order chi connectivity index (χ1) is 7.43. The first kappa shape index (κ1) is 13.7. The van der Waals surface area contributed by atoms with E-state index in [2.05, 4.69) is 15.9 Å². The van der Waals surface area contributed by atoms with Crippen molar-refractivity contribution in [3.8, 4) is 0 Å². The molecule has 0 aliphatic carbocycles. The van der Waals surface area contributed by atoms with Crippen molar-refractivity contribution in [2.75, 3.05) is 13.1 Å². The lowest BCUT2D eigenvalue weighted by Gasteiger charge is -2.18. The normalized spacial score (nSPS) is 12.1. The summed E-state index contributed by atoms with van der Waals surface area (Å²) < 4.78 is 26.6. The first-order valence-corrected chi connectivity index (χ1v) is 7.43. The van der Waals surface area contributed by atoms with Crippen LogP contribution < -0.4 is 0 Å². The summed E-state index contributed by atoms with van der Waals surface area (Å²) in [7, 11) is -3.34. The Morgan fingerprint density at radius 2 is 1.81 bits per heavy atom. The van der Waals surface area contributed by atoms with Gasteiger partial charge in [-0.3, -0.25) is 0 Å². The van der Waals surface area contributed by atoms with Gasteiger partial charge in [0.2, 0.25) is 10.0 Å². The maximum absolute atomic E-state index is 12.2. The molecule has 0 saturated carbocycles. The molecule has 0 spiro atoms. The highest BCUT2D eigenvalue weighted by molar-refractivity contribution is 9.10. The molecular formula is C11H16BrNO2S. The van der Waals surface area contributed by atoms with Crippen molar-refractivity contribution >= 4 is 26.0 Å². The molecule has 0 radical (unpaired) electrons. The maximum Gasteiger partial charge on any atom is 0.243 e. The molecule has 1 aromatic carbocycles. The molecule has 0 saturated heterocycles. The Morgan fingerprint density at radius 3 is 2.25 bits per heavy atom. The van der Waals surface area contributed by atoms with Gasteiger partial charge in [0.25, 0.3) is 0 Å². The number of hydrogen-bond donors (Lipinski definition) is 0. The number of benzene rings is 1. The van der Waals surface area contributed by atoms with Crippen LogP contribution in [0.3, 0.4) is 0 Å². The lowest BCUT2D eigenvalue weighted by atomic mass is 10.2. The van der Waals surface area contributed by atoms with Crippen LogP contribution in [0.4, 0.5) is 0 Å². The SMILES string of the molecule is CCN(CC)S(=O)(=O)c1ccc(C)c(Br)c1. The quantitative estimate of drug-likeness (QED) is 0.858. The molecule has 90 valence electrons. The fourth-order valence-corrected chi connectivity index (χ4v) is 3.46. The molecule has 0 heterocycles. The molecule has 1 aromatic rings. The van der Waals surface area contributed by atoms with Gasteiger partial charge in [-0.15, -0.1) is 0 Å². The number of nitrogens with zero attached hydrogens (tertiary/aromatic N) is 1. The van der Waals surface area contributed by atoms with Gasteiger partial charge in [-0.25, -0.2) is 8.42 Å². The molecule has 0 N–H and O–H groups in total. The van der Waals surface area contributed by atoms with Crippen LogP contribution in [0.2, 0.25) is 0 Å². The first-order valence-electron chi connectivity index (χ1n) is 5.19. The minimum absolute atomic E-state index is 0.341. The van der Waals surface area contributed by atoms with E-state index < -0.39 is 10.0 Å². The average Bonchev–Trinajstić information content (AvgIpc) is 2.23. The molecule has 1 rings (SSSR count). The van der Waals surface area contributed by atoms with Gasteiger partial charge in [0.05, 0.1) is 4.90 Å². The second-order valence-corrected chi connectivity index (χ2v) is 6.29. The zero-order valence-corrected chi connectivity index (χ0v) is 12.1. The Kier molecular flexibility index (Phi) is 4.52. The second-order valence-electron chi connectivity index (χ2n) is 3.50. The van der Waals surface area contributed by atoms with Gasteiger partial charge < -0.3 is 0 Å². The standard InChI is InChI=1S/C11H16BrNO2S/c1-4-13(5-2)16(14,15)10-7-6-9(3)11(12)8-10/h6-8H,4-5H2,1-3H3. The molecule has 0 aliphatic heterocycles. The molecule has 0 unspecified atom stereocenters. The van der Waals surface area contributed by atoms with E-state index in [1.807, 2.05) is 20.8 Å². The molecule has 0 amide bonds. The number of sulfonamides is 1. The summed E-state index contributed by atoms with van der Waals surface area (Å²) >= 11 is 3.35. The lowest BCUT2D eigenvalue weighted by molar-refractivity contribution is 0.445. The van der Waals surface area contributed by atoms with Crippen LogP contribution in [0.25, 0.3) is 0 Å². The van der Waals surface area contributed by atoms with Gasteiger partial charge in [0.1, 0.15) is 0 Å². The smallest absolute Gasteiger partial charge is 0.207 e. The third-order valence-electron chi connectivity index (χ3n) is 2.49. The van der Waals surface area contributed by atoms with Crippen molar-refractivity contribution < 1.29 is 8.42 Å². The van der Waals surface area contributed by atoms with Gasteiger partial charge in [0.15, 0.2) is 0 Å². The second kappa shape index (κ2) is 5.29. The zero-order chi connectivity index (χ0) is 12.3. The van der Waals surface area contributed by atoms with Gasteiger partial charge in [-0.2, -0.15) is 4.31 Å². The average molecular weight is 306 g/mol. The van der Waals surface area contributed by atoms with Crippen LogP contribution >= 0.6 is 15.9 Å². The van der Waals surface area contributed by atoms with Gasteiger partial charge in [0, 0.05) is 17.6 Å². The van der Waals surface area contributed by atoms with E-state index in [0.29, 0.717) is 18.0 Å². The molecule has 0 aromatic heterocycles. The Hall–Kier alpha value is -0.390. The highest BCUT2D eigenvalue weighted by atomic mass is 79.9. The number of aryl methyl sites for hydroxylation is 1. The molecular weight excluding hydrogens is 290 g/mol. The summed E-state index contributed by atoms with van der Waals surface area (Å²) in [5, 5.41) is 0. The van der Waals surface area contributed by atoms with Gasteiger partial charge in [-0.1, -0.05) is 35.8 Å². The predicted octanol–water partition coefficient (Wildman–Crippen LogP) is 2.79. The fraction of sp³-hybridized carbons (Fsp3) is 0.455. The Labute approximate surface area is 106 Å². The van der Waals surface area contributed by atoms with E-state index in [4.69, 9.17) is 0 Å². The molecule has 3 nitrogen and oxygen atoms in total. The van der Waals surface area contributed by atoms with Crippen molar-refractivity contribution in [2.45, 2.75) is 25.7 Å². The third-order valence-corrected chi connectivity index (χ3v) is 5.39. The van der Waals surface area contributed by atoms with Crippen molar-refractivity contribution in [1.82, 2.24) is 4.31 Å². The van der Waals surface area contributed by atoms with E-state index in [1.54, 1.807) is 18.2 Å². The van der Waals surface area contributed by atoms with E-state index in [9.17, 15) is 8.42 Å². The highest BCUT2D eigenvalue weighted by Gasteiger charge is 2.21. The van der Waals surface area contributed by atoms with E-state index >= 15 is 0 Å². The molecule has 0 bridgehead atoms. The Bertz CT molecular complexity index is 467. The van der Waals surface area contributed by atoms with Gasteiger partial charge >= 0.3 is 0 Å². The van der Waals surface area contributed by atoms with Crippen molar-refractivity contribution in [2.24, 2.45) is 0 Å². The molecule has 16 heavy (non-hydrogen) atoms. The number of halogens is 1. The summed E-state index contributed by atoms with van der Waals surface area (Å²) in [6.45, 7) is 6.58. The number of rotatable bonds is 4. The maximum atomic E-state index is 12.2. The lowest BCUT2D eigenvalue weighted by Crippen LogP contribution is -2.30. The molecule has 5 heteroatoms. The van der Waals surface area contributed by atoms with Crippen LogP contribution in [0.5, 0.6) is 0 Å². The van der Waals surface area contributed by atoms with Crippen LogP contribution in [0.1, 0.15) is 19.4 Å². The molecule has 0 aliphatic rings.